The van der Waals surface area contributed by atoms with E-state index in [1.165, 1.54) is 35.9 Å². The zero-order valence-electron chi connectivity index (χ0n) is 28.8. The summed E-state index contributed by atoms with van der Waals surface area (Å²) in [6.45, 7) is 10.2. The van der Waals surface area contributed by atoms with E-state index in [1.54, 1.807) is 24.3 Å². The number of benzene rings is 6. The fourth-order valence-electron chi connectivity index (χ4n) is 6.18. The van der Waals surface area contributed by atoms with Crippen LogP contribution in [0.3, 0.4) is 0 Å². The Balaban J connectivity index is 1.53. The molecule has 50 heavy (non-hydrogen) atoms. The van der Waals surface area contributed by atoms with E-state index < -0.39 is 27.9 Å². The molecule has 1 unspecified atom stereocenters. The zero-order valence-corrected chi connectivity index (χ0v) is 30.6. The van der Waals surface area contributed by atoms with Crippen molar-refractivity contribution in [3.63, 3.8) is 0 Å². The highest BCUT2D eigenvalue weighted by molar-refractivity contribution is 7.69. The lowest BCUT2D eigenvalue weighted by atomic mass is 9.95. The van der Waals surface area contributed by atoms with Crippen LogP contribution in [0.25, 0.3) is 11.1 Å². The van der Waals surface area contributed by atoms with Gasteiger partial charge in [0, 0.05) is 32.3 Å². The lowest BCUT2D eigenvalue weighted by Gasteiger charge is -2.26. The highest BCUT2D eigenvalue weighted by atomic mass is 31.1. The Bertz CT molecular complexity index is 2100. The third-order valence-electron chi connectivity index (χ3n) is 8.31. The molecule has 6 aromatic rings. The average molecular weight is 707 g/mol. The van der Waals surface area contributed by atoms with E-state index in [4.69, 9.17) is 9.05 Å². The first-order valence-corrected chi connectivity index (χ1v) is 19.2. The molecule has 0 saturated heterocycles. The fraction of sp³-hybridized carbons (Fsp3) is 0.163. The van der Waals surface area contributed by atoms with Gasteiger partial charge in [0.05, 0.1) is 0 Å². The standard InChI is InChI=1S/C43H39F3O2P2/c1-6-11-32-12-7-16-36(24-32)49(37-17-8-13-33(44)25-37)47-42-30(4)20-28(2)22-40(42)41-23-29(3)21-31(5)43(41)48-50(38-18-9-14-34(45)26-38)39-19-10-15-35(46)27-39/h7-10,12-27H,6,11H2,1-5H3. The minimum Gasteiger partial charge on any atom is -0.464 e. The van der Waals surface area contributed by atoms with Crippen LogP contribution >= 0.6 is 16.3 Å². The van der Waals surface area contributed by atoms with Gasteiger partial charge in [-0.15, -0.1) is 0 Å². The number of halogens is 3. The smallest absolute Gasteiger partial charge is 0.151 e. The first-order valence-electron chi connectivity index (χ1n) is 16.6. The molecule has 0 saturated carbocycles. The Morgan fingerprint density at radius 2 is 0.860 bits per heavy atom. The summed E-state index contributed by atoms with van der Waals surface area (Å²) in [4.78, 5) is 0. The third-order valence-corrected chi connectivity index (χ3v) is 12.0. The molecule has 6 rings (SSSR count). The lowest BCUT2D eigenvalue weighted by molar-refractivity contribution is 0.612. The second kappa shape index (κ2) is 15.6. The first kappa shape index (κ1) is 35.4. The number of aryl methyl sites for hydroxylation is 5. The Kier molecular flexibility index (Phi) is 11.1. The van der Waals surface area contributed by atoms with Crippen molar-refractivity contribution in [1.82, 2.24) is 0 Å². The van der Waals surface area contributed by atoms with Gasteiger partial charge in [0.2, 0.25) is 0 Å². The van der Waals surface area contributed by atoms with Gasteiger partial charge in [-0.3, -0.25) is 0 Å². The van der Waals surface area contributed by atoms with Gasteiger partial charge in [0.25, 0.3) is 0 Å². The van der Waals surface area contributed by atoms with Crippen LogP contribution in [0.5, 0.6) is 11.5 Å². The van der Waals surface area contributed by atoms with Crippen molar-refractivity contribution >= 4 is 37.5 Å². The summed E-state index contributed by atoms with van der Waals surface area (Å²) >= 11 is 0. The largest absolute Gasteiger partial charge is 0.464 e. The summed E-state index contributed by atoms with van der Waals surface area (Å²) in [5.41, 5.74) is 6.69. The Hall–Kier alpha value is -4.43. The summed E-state index contributed by atoms with van der Waals surface area (Å²) in [5.74, 6) is 0.161. The van der Waals surface area contributed by atoms with E-state index in [0.29, 0.717) is 22.1 Å². The normalized spacial score (nSPS) is 11.9. The minimum atomic E-state index is -1.68. The Morgan fingerprint density at radius 3 is 1.24 bits per heavy atom. The van der Waals surface area contributed by atoms with E-state index >= 15 is 0 Å². The molecule has 2 nitrogen and oxygen atoms in total. The molecule has 0 aliphatic carbocycles. The molecular weight excluding hydrogens is 667 g/mol. The second-order valence-corrected chi connectivity index (χ2v) is 16.2. The molecule has 6 aromatic carbocycles. The molecular formula is C43H39F3O2P2. The molecule has 0 radical (unpaired) electrons. The van der Waals surface area contributed by atoms with Crippen molar-refractivity contribution in [3.8, 4) is 22.6 Å². The predicted octanol–water partition coefficient (Wildman–Crippen LogP) is 10.8. The van der Waals surface area contributed by atoms with Crippen LogP contribution in [0.4, 0.5) is 13.2 Å². The van der Waals surface area contributed by atoms with Gasteiger partial charge in [-0.1, -0.05) is 80.1 Å². The summed E-state index contributed by atoms with van der Waals surface area (Å²) < 4.78 is 58.1. The maximum Gasteiger partial charge on any atom is 0.151 e. The van der Waals surface area contributed by atoms with Crippen molar-refractivity contribution in [2.75, 3.05) is 0 Å². The van der Waals surface area contributed by atoms with E-state index in [-0.39, 0.29) is 5.82 Å². The zero-order chi connectivity index (χ0) is 35.4. The SMILES string of the molecule is CCCc1cccc(P(Oc2c(C)cc(C)cc2-c2cc(C)cc(C)c2OP(c2cccc(F)c2)c2cccc(F)c2)c2cccc(F)c2)c1. The first-order chi connectivity index (χ1) is 24.1. The average Bonchev–Trinajstić information content (AvgIpc) is 3.07. The topological polar surface area (TPSA) is 18.5 Å². The highest BCUT2D eigenvalue weighted by Crippen LogP contribution is 2.49. The minimum absolute atomic E-state index is 0.322. The molecule has 0 aliphatic heterocycles. The van der Waals surface area contributed by atoms with Crippen LogP contribution < -0.4 is 30.3 Å². The maximum absolute atomic E-state index is 14.7. The molecule has 0 fully saturated rings. The quantitative estimate of drug-likeness (QED) is 0.125. The molecule has 0 N–H and O–H groups in total. The number of rotatable bonds is 11. The molecule has 0 aliphatic rings. The van der Waals surface area contributed by atoms with Crippen molar-refractivity contribution in [2.24, 2.45) is 0 Å². The van der Waals surface area contributed by atoms with Gasteiger partial charge in [-0.2, -0.15) is 0 Å². The molecule has 0 amide bonds. The number of hydrogen-bond acceptors (Lipinski definition) is 2. The van der Waals surface area contributed by atoms with Crippen LogP contribution in [0.1, 0.15) is 41.2 Å². The molecule has 7 heteroatoms. The van der Waals surface area contributed by atoms with Crippen LogP contribution in [0.15, 0.2) is 121 Å². The van der Waals surface area contributed by atoms with E-state index in [1.807, 2.05) is 58.0 Å². The van der Waals surface area contributed by atoms with Crippen molar-refractivity contribution < 1.29 is 22.2 Å². The fourth-order valence-corrected chi connectivity index (χ4v) is 9.94. The van der Waals surface area contributed by atoms with Gasteiger partial charge in [-0.25, -0.2) is 13.2 Å². The lowest BCUT2D eigenvalue weighted by Crippen LogP contribution is -2.18. The summed E-state index contributed by atoms with van der Waals surface area (Å²) in [6.07, 6.45) is 1.94. The Labute approximate surface area is 295 Å². The van der Waals surface area contributed by atoms with Crippen LogP contribution in [-0.4, -0.2) is 0 Å². The molecule has 0 aromatic heterocycles. The van der Waals surface area contributed by atoms with E-state index in [9.17, 15) is 13.2 Å². The van der Waals surface area contributed by atoms with Crippen LogP contribution in [-0.2, 0) is 6.42 Å². The monoisotopic (exact) mass is 706 g/mol. The molecule has 0 bridgehead atoms. The maximum atomic E-state index is 14.7. The molecule has 1 atom stereocenters. The highest BCUT2D eigenvalue weighted by Gasteiger charge is 2.26. The Morgan fingerprint density at radius 1 is 0.480 bits per heavy atom. The van der Waals surface area contributed by atoms with Gasteiger partial charge < -0.3 is 9.05 Å². The predicted molar refractivity (Wildman–Crippen MR) is 204 cm³/mol. The van der Waals surface area contributed by atoms with Crippen molar-refractivity contribution in [1.29, 1.82) is 0 Å². The molecule has 0 heterocycles. The van der Waals surface area contributed by atoms with Crippen LogP contribution in [0, 0.1) is 45.1 Å². The summed E-state index contributed by atoms with van der Waals surface area (Å²) in [5, 5.41) is 2.99. The van der Waals surface area contributed by atoms with Crippen LogP contribution in [0.2, 0.25) is 0 Å². The summed E-state index contributed by atoms with van der Waals surface area (Å²) in [6, 6.07) is 35.9. The van der Waals surface area contributed by atoms with Gasteiger partial charge in [0.15, 0.2) is 16.3 Å². The van der Waals surface area contributed by atoms with E-state index in [0.717, 1.165) is 56.8 Å². The molecule has 0 spiro atoms. The van der Waals surface area contributed by atoms with E-state index in [2.05, 4.69) is 43.3 Å². The van der Waals surface area contributed by atoms with Crippen molar-refractivity contribution in [2.45, 2.75) is 47.5 Å². The van der Waals surface area contributed by atoms with Gasteiger partial charge >= 0.3 is 0 Å². The third kappa shape index (κ3) is 8.13. The summed E-state index contributed by atoms with van der Waals surface area (Å²) in [7, 11) is -3.16. The van der Waals surface area contributed by atoms with Crippen molar-refractivity contribution in [3.05, 3.63) is 167 Å². The van der Waals surface area contributed by atoms with Gasteiger partial charge in [0.1, 0.15) is 29.0 Å². The van der Waals surface area contributed by atoms with Gasteiger partial charge in [-0.05, 0) is 117 Å². The second-order valence-electron chi connectivity index (χ2n) is 12.5. The molecule has 254 valence electrons. The number of hydrogen-bond donors (Lipinski definition) is 0.